The maximum Gasteiger partial charge on any atom is 0.0963 e. The number of hydrogen-bond acceptors (Lipinski definition) is 4. The molecule has 0 aliphatic carbocycles. The summed E-state index contributed by atoms with van der Waals surface area (Å²) in [6, 6.07) is 7.98. The molecule has 4 nitrogen and oxygen atoms in total. The van der Waals surface area contributed by atoms with Gasteiger partial charge in [-0.2, -0.15) is 0 Å². The van der Waals surface area contributed by atoms with Crippen LogP contribution in [0.15, 0.2) is 24.3 Å². The summed E-state index contributed by atoms with van der Waals surface area (Å²) in [5, 5.41) is 1.99. The largest absolute Gasteiger partial charge is 0.395 e. The van der Waals surface area contributed by atoms with Gasteiger partial charge in [0.2, 0.25) is 0 Å². The zero-order valence-electron chi connectivity index (χ0n) is 10.4. The molecule has 1 aromatic carbocycles. The Hall–Kier alpha value is -2.36. The van der Waals surface area contributed by atoms with Crippen LogP contribution in [0.3, 0.4) is 0 Å². The number of fused-ring (bicyclic) bond motifs is 3. The minimum atomic E-state index is 0.513. The molecule has 0 bridgehead atoms. The molecule has 90 valence electrons. The van der Waals surface area contributed by atoms with Crippen LogP contribution >= 0.6 is 0 Å². The number of aromatic nitrogens is 2. The topological polar surface area (TPSA) is 77.8 Å². The third-order valence-corrected chi connectivity index (χ3v) is 3.16. The Morgan fingerprint density at radius 3 is 1.50 bits per heavy atom. The molecule has 3 aromatic rings. The summed E-state index contributed by atoms with van der Waals surface area (Å²) in [4.78, 5) is 8.95. The molecule has 0 saturated heterocycles. The summed E-state index contributed by atoms with van der Waals surface area (Å²) in [7, 11) is 0. The van der Waals surface area contributed by atoms with Crippen molar-refractivity contribution in [3.8, 4) is 0 Å². The number of nitrogens with two attached hydrogens (primary N) is 2. The molecule has 0 saturated carbocycles. The van der Waals surface area contributed by atoms with Gasteiger partial charge in [0.25, 0.3) is 0 Å². The van der Waals surface area contributed by atoms with E-state index in [1.807, 2.05) is 38.1 Å². The number of rotatable bonds is 0. The van der Waals surface area contributed by atoms with E-state index >= 15 is 0 Å². The first kappa shape index (κ1) is 10.8. The second kappa shape index (κ2) is 3.57. The first-order valence-electron chi connectivity index (χ1n) is 5.79. The van der Waals surface area contributed by atoms with Gasteiger partial charge < -0.3 is 11.5 Å². The lowest BCUT2D eigenvalue weighted by Gasteiger charge is -2.11. The Balaban J connectivity index is 2.62. The number of benzene rings is 1. The number of anilines is 2. The van der Waals surface area contributed by atoms with Gasteiger partial charge in [-0.15, -0.1) is 0 Å². The van der Waals surface area contributed by atoms with Gasteiger partial charge in [-0.3, -0.25) is 9.97 Å². The molecule has 0 atom stereocenters. The SMILES string of the molecule is Cc1ccc2c(n1)c(N)c(N)c1nc(C)ccc12. The predicted octanol–water partition coefficient (Wildman–Crippen LogP) is 2.56. The molecule has 0 amide bonds. The molecular weight excluding hydrogens is 224 g/mol. The van der Waals surface area contributed by atoms with Crippen LogP contribution in [0.25, 0.3) is 21.8 Å². The Labute approximate surface area is 105 Å². The lowest BCUT2D eigenvalue weighted by molar-refractivity contribution is 1.25. The maximum atomic E-state index is 6.08. The van der Waals surface area contributed by atoms with Crippen molar-refractivity contribution in [2.75, 3.05) is 11.5 Å². The average molecular weight is 238 g/mol. The number of pyridine rings is 2. The van der Waals surface area contributed by atoms with Crippen LogP contribution in [0.1, 0.15) is 11.4 Å². The molecule has 2 heterocycles. The molecular formula is C14H14N4. The van der Waals surface area contributed by atoms with E-state index in [4.69, 9.17) is 11.5 Å². The van der Waals surface area contributed by atoms with Crippen LogP contribution in [0.5, 0.6) is 0 Å². The van der Waals surface area contributed by atoms with E-state index in [0.717, 1.165) is 33.2 Å². The minimum absolute atomic E-state index is 0.513. The smallest absolute Gasteiger partial charge is 0.0963 e. The van der Waals surface area contributed by atoms with Crippen molar-refractivity contribution >= 4 is 33.2 Å². The van der Waals surface area contributed by atoms with Crippen molar-refractivity contribution < 1.29 is 0 Å². The lowest BCUT2D eigenvalue weighted by atomic mass is 10.0. The zero-order valence-corrected chi connectivity index (χ0v) is 10.4. The average Bonchev–Trinajstić information content (AvgIpc) is 2.36. The molecule has 4 N–H and O–H groups in total. The molecule has 0 unspecified atom stereocenters. The Morgan fingerprint density at radius 2 is 1.11 bits per heavy atom. The number of nitrogens with zero attached hydrogens (tertiary/aromatic N) is 2. The number of hydrogen-bond donors (Lipinski definition) is 2. The van der Waals surface area contributed by atoms with E-state index in [0.29, 0.717) is 11.4 Å². The van der Waals surface area contributed by atoms with Gasteiger partial charge in [0, 0.05) is 22.2 Å². The van der Waals surface area contributed by atoms with Gasteiger partial charge in [0.15, 0.2) is 0 Å². The molecule has 3 rings (SSSR count). The van der Waals surface area contributed by atoms with Crippen molar-refractivity contribution in [2.45, 2.75) is 13.8 Å². The summed E-state index contributed by atoms with van der Waals surface area (Å²) < 4.78 is 0. The normalized spacial score (nSPS) is 11.2. The van der Waals surface area contributed by atoms with E-state index in [9.17, 15) is 0 Å². The molecule has 18 heavy (non-hydrogen) atoms. The maximum absolute atomic E-state index is 6.08. The van der Waals surface area contributed by atoms with Crippen molar-refractivity contribution in [1.29, 1.82) is 0 Å². The van der Waals surface area contributed by atoms with Crippen LogP contribution in [-0.2, 0) is 0 Å². The van der Waals surface area contributed by atoms with Crippen LogP contribution < -0.4 is 11.5 Å². The van der Waals surface area contributed by atoms with Crippen LogP contribution in [-0.4, -0.2) is 9.97 Å². The monoisotopic (exact) mass is 238 g/mol. The molecule has 0 fully saturated rings. The van der Waals surface area contributed by atoms with Crippen molar-refractivity contribution in [2.24, 2.45) is 0 Å². The Bertz CT molecular complexity index is 711. The van der Waals surface area contributed by atoms with Crippen LogP contribution in [0.2, 0.25) is 0 Å². The summed E-state index contributed by atoms with van der Waals surface area (Å²) in [6.45, 7) is 3.87. The predicted molar refractivity (Wildman–Crippen MR) is 75.3 cm³/mol. The highest BCUT2D eigenvalue weighted by Crippen LogP contribution is 2.34. The third-order valence-electron chi connectivity index (χ3n) is 3.16. The second-order valence-corrected chi connectivity index (χ2v) is 4.52. The second-order valence-electron chi connectivity index (χ2n) is 4.52. The van der Waals surface area contributed by atoms with E-state index < -0.39 is 0 Å². The van der Waals surface area contributed by atoms with Gasteiger partial charge in [0.05, 0.1) is 22.4 Å². The summed E-state index contributed by atoms with van der Waals surface area (Å²) in [5.41, 5.74) is 16.5. The molecule has 4 heteroatoms. The molecule has 2 aromatic heterocycles. The van der Waals surface area contributed by atoms with Gasteiger partial charge in [-0.05, 0) is 26.0 Å². The van der Waals surface area contributed by atoms with E-state index in [2.05, 4.69) is 9.97 Å². The molecule has 0 aliphatic rings. The molecule has 0 radical (unpaired) electrons. The summed E-state index contributed by atoms with van der Waals surface area (Å²) in [6.07, 6.45) is 0. The zero-order chi connectivity index (χ0) is 12.9. The van der Waals surface area contributed by atoms with Crippen LogP contribution in [0, 0.1) is 13.8 Å². The first-order valence-corrected chi connectivity index (χ1v) is 5.79. The molecule has 0 aliphatic heterocycles. The number of aryl methyl sites for hydroxylation is 2. The van der Waals surface area contributed by atoms with Gasteiger partial charge >= 0.3 is 0 Å². The summed E-state index contributed by atoms with van der Waals surface area (Å²) >= 11 is 0. The van der Waals surface area contributed by atoms with Crippen molar-refractivity contribution in [3.05, 3.63) is 35.7 Å². The summed E-state index contributed by atoms with van der Waals surface area (Å²) in [5.74, 6) is 0. The highest BCUT2D eigenvalue weighted by Gasteiger charge is 2.12. The number of nitrogen functional groups attached to an aromatic ring is 2. The highest BCUT2D eigenvalue weighted by atomic mass is 14.8. The Morgan fingerprint density at radius 1 is 0.722 bits per heavy atom. The van der Waals surface area contributed by atoms with E-state index in [1.54, 1.807) is 0 Å². The van der Waals surface area contributed by atoms with E-state index in [-0.39, 0.29) is 0 Å². The molecule has 0 spiro atoms. The Kier molecular flexibility index (Phi) is 2.13. The van der Waals surface area contributed by atoms with Crippen molar-refractivity contribution in [1.82, 2.24) is 9.97 Å². The van der Waals surface area contributed by atoms with Gasteiger partial charge in [0.1, 0.15) is 0 Å². The quantitative estimate of drug-likeness (QED) is 0.358. The standard InChI is InChI=1S/C14H14N4/c1-7-3-5-9-10-6-4-8(2)18-14(10)12(16)11(15)13(9)17-7/h3-6H,15-16H2,1-2H3. The fraction of sp³-hybridized carbons (Fsp3) is 0.143. The van der Waals surface area contributed by atoms with Crippen molar-refractivity contribution in [3.63, 3.8) is 0 Å². The highest BCUT2D eigenvalue weighted by molar-refractivity contribution is 6.16. The third kappa shape index (κ3) is 1.39. The van der Waals surface area contributed by atoms with Gasteiger partial charge in [-0.1, -0.05) is 12.1 Å². The fourth-order valence-corrected chi connectivity index (χ4v) is 2.21. The lowest BCUT2D eigenvalue weighted by Crippen LogP contribution is -2.01. The minimum Gasteiger partial charge on any atom is -0.395 e. The van der Waals surface area contributed by atoms with Gasteiger partial charge in [-0.25, -0.2) is 0 Å². The van der Waals surface area contributed by atoms with Crippen LogP contribution in [0.4, 0.5) is 11.4 Å². The first-order chi connectivity index (χ1) is 8.58. The van der Waals surface area contributed by atoms with E-state index in [1.165, 1.54) is 0 Å². The fourth-order valence-electron chi connectivity index (χ4n) is 2.21.